The lowest BCUT2D eigenvalue weighted by molar-refractivity contribution is -0.836. The van der Waals surface area contributed by atoms with E-state index in [0.717, 1.165) is 0 Å². The molecule has 0 aromatic heterocycles. The maximum atomic E-state index is 9.55. The first-order valence-corrected chi connectivity index (χ1v) is 3.27. The Morgan fingerprint density at radius 1 is 1.00 bits per heavy atom. The summed E-state index contributed by atoms with van der Waals surface area (Å²) in [4.78, 5) is 20.5. The molecule has 0 aliphatic rings. The molecule has 0 bridgehead atoms. The molecule has 0 fully saturated rings. The quantitative estimate of drug-likeness (QED) is 0.435. The van der Waals surface area contributed by atoms with E-state index in [2.05, 4.69) is 21.1 Å². The van der Waals surface area contributed by atoms with Gasteiger partial charge < -0.3 is 32.1 Å². The van der Waals surface area contributed by atoms with Crippen LogP contribution < -0.4 is 21.9 Å². The summed E-state index contributed by atoms with van der Waals surface area (Å²) >= 11 is 0. The lowest BCUT2D eigenvalue weighted by atomic mass is 10.5. The van der Waals surface area contributed by atoms with Crippen molar-refractivity contribution in [1.82, 2.24) is 0 Å². The molecule has 0 aromatic carbocycles. The Labute approximate surface area is 87.4 Å². The van der Waals surface area contributed by atoms with Gasteiger partial charge in [0.2, 0.25) is 0 Å². The molecule has 0 amide bonds. The molecule has 0 rings (SSSR count). The van der Waals surface area contributed by atoms with Crippen LogP contribution in [0.5, 0.6) is 0 Å². The smallest absolute Gasteiger partial charge is 0.328 e. The summed E-state index contributed by atoms with van der Waals surface area (Å²) in [5.41, 5.74) is 0. The number of carbonyl (C=O) groups is 2. The van der Waals surface area contributed by atoms with Gasteiger partial charge in [-0.2, -0.15) is 0 Å². The third-order valence-electron chi connectivity index (χ3n) is 0.368. The molecule has 0 aliphatic carbocycles. The average Bonchev–Trinajstić information content (AvgIpc) is 1.82. The summed E-state index contributed by atoms with van der Waals surface area (Å²) in [6.45, 7) is 0. The fraction of sp³-hybridized carbons (Fsp3) is 0.429. The predicted octanol–water partition coefficient (Wildman–Crippen LogP) is -4.52. The van der Waals surface area contributed by atoms with Gasteiger partial charge in [0.15, 0.2) is 0 Å². The van der Waals surface area contributed by atoms with Crippen molar-refractivity contribution < 1.29 is 41.7 Å². The van der Waals surface area contributed by atoms with E-state index in [9.17, 15) is 9.59 Å². The average molecular weight is 256 g/mol. The molecule has 0 heterocycles. The van der Waals surface area contributed by atoms with Crippen LogP contribution in [0.15, 0.2) is 12.2 Å². The van der Waals surface area contributed by atoms with Gasteiger partial charge in [-0.3, -0.25) is 0 Å². The number of halogens is 1. The van der Waals surface area contributed by atoms with Crippen LogP contribution in [0.2, 0.25) is 0 Å². The Kier molecular flexibility index (Phi) is 15.4. The summed E-state index contributed by atoms with van der Waals surface area (Å²) in [6, 6.07) is 0. The van der Waals surface area contributed by atoms with E-state index in [1.165, 1.54) is 4.90 Å². The lowest BCUT2D eigenvalue weighted by Gasteiger charge is -1.88. The van der Waals surface area contributed by atoms with E-state index in [-0.39, 0.29) is 17.0 Å². The van der Waals surface area contributed by atoms with Gasteiger partial charge in [-0.25, -0.2) is 9.59 Å². The minimum atomic E-state index is -1.26. The molecule has 0 atom stereocenters. The van der Waals surface area contributed by atoms with Crippen LogP contribution in [0.1, 0.15) is 0 Å². The molecule has 0 spiro atoms. The van der Waals surface area contributed by atoms with Gasteiger partial charge in [0, 0.05) is 12.2 Å². The minimum Gasteiger partial charge on any atom is -1.00 e. The zero-order valence-electron chi connectivity index (χ0n) is 7.74. The molecule has 0 unspecified atom stereocenters. The number of nitrogens with one attached hydrogen (secondary N) is 1. The third-order valence-corrected chi connectivity index (χ3v) is 0.368. The van der Waals surface area contributed by atoms with Crippen molar-refractivity contribution in [3.8, 4) is 0 Å². The monoisotopic (exact) mass is 255 g/mol. The molecular formula is C7H14BrNO4. The number of rotatable bonds is 2. The first-order valence-electron chi connectivity index (χ1n) is 3.27. The van der Waals surface area contributed by atoms with E-state index in [1.54, 1.807) is 0 Å². The second kappa shape index (κ2) is 11.1. The number of quaternary nitrogens is 1. The van der Waals surface area contributed by atoms with Gasteiger partial charge in [-0.15, -0.1) is 0 Å². The van der Waals surface area contributed by atoms with Crippen LogP contribution in [0, 0.1) is 0 Å². The number of hydrogen-bond donors (Lipinski definition) is 3. The van der Waals surface area contributed by atoms with E-state index < -0.39 is 11.9 Å². The Hall–Kier alpha value is -0.880. The molecule has 6 heteroatoms. The standard InChI is InChI=1S/C4H4O4.C3H9N.BrH/c5-3(6)1-2-4(7)8;1-4(2)3;/h1-2H,(H,5,6)(H,7,8);1-3H3;1H/b2-1-;;. The molecule has 0 saturated heterocycles. The maximum absolute atomic E-state index is 9.55. The summed E-state index contributed by atoms with van der Waals surface area (Å²) < 4.78 is 0. The molecule has 0 saturated carbocycles. The van der Waals surface area contributed by atoms with Crippen LogP contribution >= 0.6 is 0 Å². The molecule has 5 nitrogen and oxygen atoms in total. The van der Waals surface area contributed by atoms with E-state index in [0.29, 0.717) is 12.2 Å². The van der Waals surface area contributed by atoms with E-state index in [4.69, 9.17) is 10.2 Å². The molecule has 0 aromatic rings. The van der Waals surface area contributed by atoms with Crippen molar-refractivity contribution in [2.75, 3.05) is 21.1 Å². The highest BCUT2D eigenvalue weighted by molar-refractivity contribution is 5.89. The SMILES string of the molecule is C[NH+](C)C.O=C(O)/C=C\C(=O)O.[Br-]. The predicted molar refractivity (Wildman–Crippen MR) is 43.1 cm³/mol. The Morgan fingerprint density at radius 3 is 1.23 bits per heavy atom. The van der Waals surface area contributed by atoms with Crippen LogP contribution in [0.25, 0.3) is 0 Å². The van der Waals surface area contributed by atoms with Gasteiger partial charge in [0.1, 0.15) is 0 Å². The Bertz CT molecular complexity index is 161. The number of hydrogen-bond acceptors (Lipinski definition) is 2. The highest BCUT2D eigenvalue weighted by atomic mass is 79.9. The van der Waals surface area contributed by atoms with E-state index in [1.807, 2.05) is 0 Å². The topological polar surface area (TPSA) is 79.0 Å². The summed E-state index contributed by atoms with van der Waals surface area (Å²) in [6.07, 6.45) is 1.12. The normalized spacial score (nSPS) is 8.62. The largest absolute Gasteiger partial charge is 1.00 e. The van der Waals surface area contributed by atoms with E-state index >= 15 is 0 Å². The van der Waals surface area contributed by atoms with Gasteiger partial charge in [0.25, 0.3) is 0 Å². The Balaban J connectivity index is -0.000000173. The van der Waals surface area contributed by atoms with Crippen molar-refractivity contribution in [2.45, 2.75) is 0 Å². The first-order chi connectivity index (χ1) is 5.36. The molecule has 78 valence electrons. The summed E-state index contributed by atoms with van der Waals surface area (Å²) in [7, 11) is 6.25. The second-order valence-corrected chi connectivity index (χ2v) is 2.51. The number of carboxylic acid groups (broad SMARTS) is 2. The van der Waals surface area contributed by atoms with Crippen molar-refractivity contribution >= 4 is 11.9 Å². The fourth-order valence-electron chi connectivity index (χ4n) is 0.143. The minimum absolute atomic E-state index is 0. The molecule has 0 aliphatic heterocycles. The zero-order valence-corrected chi connectivity index (χ0v) is 9.33. The number of carboxylic acids is 2. The van der Waals surface area contributed by atoms with Gasteiger partial charge in [-0.05, 0) is 0 Å². The fourth-order valence-corrected chi connectivity index (χ4v) is 0.143. The van der Waals surface area contributed by atoms with Gasteiger partial charge >= 0.3 is 11.9 Å². The van der Waals surface area contributed by atoms with Crippen molar-refractivity contribution in [2.24, 2.45) is 0 Å². The zero-order chi connectivity index (χ0) is 10.1. The van der Waals surface area contributed by atoms with Crippen molar-refractivity contribution in [3.05, 3.63) is 12.2 Å². The lowest BCUT2D eigenvalue weighted by Crippen LogP contribution is -3.02. The molecule has 13 heavy (non-hydrogen) atoms. The van der Waals surface area contributed by atoms with Gasteiger partial charge in [0.05, 0.1) is 21.1 Å². The molecular weight excluding hydrogens is 242 g/mol. The van der Waals surface area contributed by atoms with Crippen LogP contribution in [0.4, 0.5) is 0 Å². The van der Waals surface area contributed by atoms with Crippen molar-refractivity contribution in [1.29, 1.82) is 0 Å². The molecule has 0 radical (unpaired) electrons. The highest BCUT2D eigenvalue weighted by Gasteiger charge is 1.88. The summed E-state index contributed by atoms with van der Waals surface area (Å²) in [5, 5.41) is 15.6. The van der Waals surface area contributed by atoms with Gasteiger partial charge in [-0.1, -0.05) is 0 Å². The summed E-state index contributed by atoms with van der Waals surface area (Å²) in [5.74, 6) is -2.51. The number of aliphatic carboxylic acids is 2. The molecule has 3 N–H and O–H groups in total. The highest BCUT2D eigenvalue weighted by Crippen LogP contribution is 1.70. The Morgan fingerprint density at radius 2 is 1.15 bits per heavy atom. The second-order valence-electron chi connectivity index (χ2n) is 2.51. The third kappa shape index (κ3) is 54.5. The van der Waals surface area contributed by atoms with Crippen molar-refractivity contribution in [3.63, 3.8) is 0 Å². The first kappa shape index (κ1) is 18.0. The maximum Gasteiger partial charge on any atom is 0.328 e. The van der Waals surface area contributed by atoms with Crippen LogP contribution in [-0.4, -0.2) is 43.3 Å². The van der Waals surface area contributed by atoms with Crippen LogP contribution in [-0.2, 0) is 9.59 Å². The van der Waals surface area contributed by atoms with Crippen LogP contribution in [0.3, 0.4) is 0 Å².